The molecule has 5 heteroatoms. The predicted octanol–water partition coefficient (Wildman–Crippen LogP) is 3.81. The van der Waals surface area contributed by atoms with Gasteiger partial charge >= 0.3 is 0 Å². The molecule has 0 saturated carbocycles. The third-order valence-electron chi connectivity index (χ3n) is 5.41. The number of benzene rings is 1. The second-order valence-electron chi connectivity index (χ2n) is 7.36. The number of aryl methyl sites for hydroxylation is 1. The molecule has 134 valence electrons. The highest BCUT2D eigenvalue weighted by Gasteiger charge is 2.17. The summed E-state index contributed by atoms with van der Waals surface area (Å²) in [6.45, 7) is 6.21. The molecule has 0 radical (unpaired) electrons. The first-order chi connectivity index (χ1) is 12.3. The van der Waals surface area contributed by atoms with E-state index >= 15 is 0 Å². The minimum atomic E-state index is 0.283. The minimum Gasteiger partial charge on any atom is -0.376 e. The molecule has 4 rings (SSSR count). The highest BCUT2D eigenvalue weighted by molar-refractivity contribution is 5.67. The third kappa shape index (κ3) is 3.87. The topological polar surface area (TPSA) is 43.2 Å². The zero-order chi connectivity index (χ0) is 17.1. The molecule has 0 amide bonds. The number of hydrogen-bond acceptors (Lipinski definition) is 4. The molecule has 2 saturated heterocycles. The molecule has 2 aromatic rings. The van der Waals surface area contributed by atoms with Crippen LogP contribution in [-0.4, -0.2) is 40.8 Å². The Morgan fingerprint density at radius 1 is 1.12 bits per heavy atom. The lowest BCUT2D eigenvalue weighted by Gasteiger charge is -2.29. The van der Waals surface area contributed by atoms with Gasteiger partial charge in [0, 0.05) is 30.9 Å². The van der Waals surface area contributed by atoms with Gasteiger partial charge in [-0.05, 0) is 63.1 Å². The first-order valence-corrected chi connectivity index (χ1v) is 9.67. The number of piperidine rings is 1. The normalized spacial score (nSPS) is 21.5. The van der Waals surface area contributed by atoms with Crippen molar-refractivity contribution in [2.24, 2.45) is 0 Å². The van der Waals surface area contributed by atoms with Gasteiger partial charge in [-0.2, -0.15) is 0 Å². The van der Waals surface area contributed by atoms with Gasteiger partial charge in [0.25, 0.3) is 0 Å². The van der Waals surface area contributed by atoms with Crippen LogP contribution in [0.15, 0.2) is 24.4 Å². The van der Waals surface area contributed by atoms with Gasteiger partial charge in [-0.3, -0.25) is 0 Å². The van der Waals surface area contributed by atoms with E-state index in [0.29, 0.717) is 0 Å². The summed E-state index contributed by atoms with van der Waals surface area (Å²) in [5, 5.41) is 8.72. The summed E-state index contributed by atoms with van der Waals surface area (Å²) in [6.07, 6.45) is 9.87. The van der Waals surface area contributed by atoms with Crippen molar-refractivity contribution in [2.45, 2.75) is 58.1 Å². The number of anilines is 1. The Morgan fingerprint density at radius 3 is 2.76 bits per heavy atom. The van der Waals surface area contributed by atoms with Gasteiger partial charge in [-0.15, -0.1) is 5.10 Å². The predicted molar refractivity (Wildman–Crippen MR) is 99.9 cm³/mol. The van der Waals surface area contributed by atoms with Crippen LogP contribution in [0.1, 0.15) is 44.1 Å². The molecule has 1 aromatic carbocycles. The first kappa shape index (κ1) is 16.6. The van der Waals surface area contributed by atoms with Crippen molar-refractivity contribution in [3.05, 3.63) is 30.0 Å². The summed E-state index contributed by atoms with van der Waals surface area (Å²) < 4.78 is 7.74. The van der Waals surface area contributed by atoms with Crippen LogP contribution in [0.2, 0.25) is 0 Å². The quantitative estimate of drug-likeness (QED) is 0.849. The van der Waals surface area contributed by atoms with Crippen LogP contribution in [0.4, 0.5) is 5.69 Å². The molecule has 1 aromatic heterocycles. The monoisotopic (exact) mass is 340 g/mol. The number of nitrogens with zero attached hydrogens (tertiary/aromatic N) is 4. The summed E-state index contributed by atoms with van der Waals surface area (Å²) in [5.74, 6) is 0. The van der Waals surface area contributed by atoms with Gasteiger partial charge in [-0.25, -0.2) is 4.68 Å². The van der Waals surface area contributed by atoms with E-state index < -0.39 is 0 Å². The maximum absolute atomic E-state index is 5.81. The first-order valence-electron chi connectivity index (χ1n) is 9.67. The molecule has 2 fully saturated rings. The molecular formula is C20H28N4O. The molecule has 0 bridgehead atoms. The van der Waals surface area contributed by atoms with Gasteiger partial charge in [0.2, 0.25) is 0 Å². The second kappa shape index (κ2) is 7.56. The Labute approximate surface area is 150 Å². The largest absolute Gasteiger partial charge is 0.376 e. The molecule has 0 aliphatic carbocycles. The lowest BCUT2D eigenvalue weighted by atomic mass is 10.0. The van der Waals surface area contributed by atoms with E-state index in [4.69, 9.17) is 4.74 Å². The highest BCUT2D eigenvalue weighted by atomic mass is 16.5. The summed E-state index contributed by atoms with van der Waals surface area (Å²) in [7, 11) is 0. The molecule has 0 unspecified atom stereocenters. The van der Waals surface area contributed by atoms with Crippen molar-refractivity contribution in [1.82, 2.24) is 15.0 Å². The zero-order valence-electron chi connectivity index (χ0n) is 15.2. The number of rotatable bonds is 4. The highest BCUT2D eigenvalue weighted by Crippen LogP contribution is 2.28. The fraction of sp³-hybridized carbons (Fsp3) is 0.600. The maximum atomic E-state index is 5.81. The van der Waals surface area contributed by atoms with E-state index in [1.54, 1.807) is 0 Å². The smallest absolute Gasteiger partial charge is 0.113 e. The molecular weight excluding hydrogens is 312 g/mol. The van der Waals surface area contributed by atoms with Gasteiger partial charge in [-0.1, -0.05) is 11.3 Å². The van der Waals surface area contributed by atoms with Crippen LogP contribution in [-0.2, 0) is 11.3 Å². The van der Waals surface area contributed by atoms with Gasteiger partial charge < -0.3 is 9.64 Å². The van der Waals surface area contributed by atoms with E-state index in [1.807, 2.05) is 4.68 Å². The van der Waals surface area contributed by atoms with Gasteiger partial charge in [0.05, 0.1) is 18.8 Å². The maximum Gasteiger partial charge on any atom is 0.113 e. The van der Waals surface area contributed by atoms with E-state index in [0.717, 1.165) is 25.3 Å². The summed E-state index contributed by atoms with van der Waals surface area (Å²) >= 11 is 0. The summed E-state index contributed by atoms with van der Waals surface area (Å²) in [6, 6.07) is 6.73. The minimum absolute atomic E-state index is 0.283. The number of aromatic nitrogens is 3. The molecule has 0 N–H and O–H groups in total. The van der Waals surface area contributed by atoms with Gasteiger partial charge in [0.15, 0.2) is 0 Å². The fourth-order valence-electron chi connectivity index (χ4n) is 3.96. The lowest BCUT2D eigenvalue weighted by molar-refractivity contribution is 0.00370. The second-order valence-corrected chi connectivity index (χ2v) is 7.36. The number of hydrogen-bond donors (Lipinski definition) is 0. The summed E-state index contributed by atoms with van der Waals surface area (Å²) in [4.78, 5) is 2.50. The molecule has 3 heterocycles. The van der Waals surface area contributed by atoms with Crippen molar-refractivity contribution >= 4 is 5.69 Å². The Balaban J connectivity index is 1.47. The van der Waals surface area contributed by atoms with Crippen molar-refractivity contribution in [3.8, 4) is 11.3 Å². The van der Waals surface area contributed by atoms with Crippen LogP contribution in [0, 0.1) is 6.92 Å². The molecule has 5 nitrogen and oxygen atoms in total. The van der Waals surface area contributed by atoms with Crippen molar-refractivity contribution in [1.29, 1.82) is 0 Å². The van der Waals surface area contributed by atoms with E-state index in [1.165, 1.54) is 62.0 Å². The van der Waals surface area contributed by atoms with Crippen molar-refractivity contribution in [2.75, 3.05) is 24.6 Å². The summed E-state index contributed by atoms with van der Waals surface area (Å²) in [5.41, 5.74) is 4.74. The lowest BCUT2D eigenvalue weighted by Crippen LogP contribution is -2.29. The molecule has 2 aliphatic heterocycles. The molecule has 0 spiro atoms. The Hall–Kier alpha value is -1.88. The number of ether oxygens (including phenoxy) is 1. The van der Waals surface area contributed by atoms with Crippen LogP contribution < -0.4 is 4.90 Å². The fourth-order valence-corrected chi connectivity index (χ4v) is 3.96. The van der Waals surface area contributed by atoms with E-state index in [9.17, 15) is 0 Å². The zero-order valence-corrected chi connectivity index (χ0v) is 15.2. The average Bonchev–Trinajstić information content (AvgIpc) is 3.11. The molecule has 2 aliphatic rings. The van der Waals surface area contributed by atoms with E-state index in [-0.39, 0.29) is 6.10 Å². The Kier molecular flexibility index (Phi) is 5.02. The standard InChI is InChI=1S/C20H28N4O/c1-16-13-17(23-10-4-2-5-11-23)8-9-19(16)20-15-24(22-21-20)14-18-7-3-6-12-25-18/h8-9,13,15,18H,2-7,10-12,14H2,1H3/t18-/m1/s1. The van der Waals surface area contributed by atoms with Crippen LogP contribution in [0.5, 0.6) is 0 Å². The van der Waals surface area contributed by atoms with Crippen LogP contribution in [0.25, 0.3) is 11.3 Å². The Morgan fingerprint density at radius 2 is 2.00 bits per heavy atom. The van der Waals surface area contributed by atoms with Crippen LogP contribution in [0.3, 0.4) is 0 Å². The van der Waals surface area contributed by atoms with Crippen molar-refractivity contribution in [3.63, 3.8) is 0 Å². The average molecular weight is 340 g/mol. The third-order valence-corrected chi connectivity index (χ3v) is 5.41. The SMILES string of the molecule is Cc1cc(N2CCCCC2)ccc1-c1cn(C[C@H]2CCCCO2)nn1. The van der Waals surface area contributed by atoms with Crippen molar-refractivity contribution < 1.29 is 4.74 Å². The molecule has 1 atom stereocenters. The molecule has 25 heavy (non-hydrogen) atoms. The van der Waals surface area contributed by atoms with Gasteiger partial charge in [0.1, 0.15) is 5.69 Å². The van der Waals surface area contributed by atoms with Crippen LogP contribution >= 0.6 is 0 Å². The Bertz CT molecular complexity index is 699. The van der Waals surface area contributed by atoms with E-state index in [2.05, 4.69) is 46.5 Å².